The van der Waals surface area contributed by atoms with Crippen molar-refractivity contribution in [2.75, 3.05) is 25.1 Å². The van der Waals surface area contributed by atoms with Crippen LogP contribution in [0.25, 0.3) is 0 Å². The van der Waals surface area contributed by atoms with Crippen molar-refractivity contribution in [1.82, 2.24) is 4.90 Å². The Labute approximate surface area is 253 Å². The Morgan fingerprint density at radius 1 is 0.881 bits per heavy atom. The maximum absolute atomic E-state index is 13.5. The van der Waals surface area contributed by atoms with Crippen molar-refractivity contribution in [3.63, 3.8) is 0 Å². The van der Waals surface area contributed by atoms with Crippen molar-refractivity contribution < 1.29 is 28.7 Å². The van der Waals surface area contributed by atoms with Crippen LogP contribution in [0.4, 0.5) is 11.4 Å². The van der Waals surface area contributed by atoms with Crippen molar-refractivity contribution in [3.05, 3.63) is 94.5 Å². The third kappa shape index (κ3) is 8.20. The molecule has 1 heterocycles. The lowest BCUT2D eigenvalue weighted by molar-refractivity contribution is -0.128. The Balaban J connectivity index is 1.47. The second-order valence-electron chi connectivity index (χ2n) is 9.18. The molecule has 1 N–H and O–H groups in total. The molecule has 218 valence electrons. The number of hydrogen-bond donors (Lipinski definition) is 1. The molecule has 0 spiro atoms. The van der Waals surface area contributed by atoms with E-state index in [1.807, 2.05) is 12.1 Å². The van der Waals surface area contributed by atoms with Crippen LogP contribution < -0.4 is 5.32 Å². The van der Waals surface area contributed by atoms with Crippen LogP contribution in [0.15, 0.2) is 77.8 Å². The van der Waals surface area contributed by atoms with E-state index in [1.165, 1.54) is 11.8 Å². The van der Waals surface area contributed by atoms with Gasteiger partial charge in [0.05, 0.1) is 30.0 Å². The number of halogens is 1. The Morgan fingerprint density at radius 3 is 2.02 bits per heavy atom. The van der Waals surface area contributed by atoms with Gasteiger partial charge >= 0.3 is 11.9 Å². The molecule has 0 aliphatic carbocycles. The first-order valence-corrected chi connectivity index (χ1v) is 14.7. The molecule has 0 radical (unpaired) electrons. The van der Waals surface area contributed by atoms with Crippen LogP contribution in [0, 0.1) is 0 Å². The largest absolute Gasteiger partial charge is 0.462 e. The number of carbonyl (C=O) groups excluding carboxylic acids is 4. The number of amidine groups is 1. The topological polar surface area (TPSA) is 114 Å². The Kier molecular flexibility index (Phi) is 10.7. The van der Waals surface area contributed by atoms with Gasteiger partial charge in [0.2, 0.25) is 11.8 Å². The number of thioether (sulfide) groups is 1. The Bertz CT molecular complexity index is 1460. The fraction of sp³-hybridized carbons (Fsp3) is 0.258. The summed E-state index contributed by atoms with van der Waals surface area (Å²) in [6.45, 7) is 4.37. The molecule has 4 rings (SSSR count). The number of esters is 2. The van der Waals surface area contributed by atoms with Crippen molar-refractivity contribution in [2.24, 2.45) is 4.99 Å². The third-order valence-electron chi connectivity index (χ3n) is 6.21. The van der Waals surface area contributed by atoms with E-state index >= 15 is 0 Å². The van der Waals surface area contributed by atoms with Crippen LogP contribution in [-0.4, -0.2) is 58.8 Å². The maximum atomic E-state index is 13.5. The number of rotatable bonds is 11. The van der Waals surface area contributed by atoms with Crippen LogP contribution in [-0.2, 0) is 25.5 Å². The number of nitrogens with one attached hydrogen (secondary N) is 1. The number of benzene rings is 3. The van der Waals surface area contributed by atoms with Gasteiger partial charge in [-0.3, -0.25) is 14.5 Å². The average molecular weight is 608 g/mol. The number of hydrogen-bond acceptors (Lipinski definition) is 8. The molecule has 0 bridgehead atoms. The summed E-state index contributed by atoms with van der Waals surface area (Å²) in [5, 5.41) is 3.20. The van der Waals surface area contributed by atoms with Gasteiger partial charge in [-0.2, -0.15) is 0 Å². The first-order chi connectivity index (χ1) is 20.3. The quantitative estimate of drug-likeness (QED) is 0.270. The molecule has 0 aromatic heterocycles. The highest BCUT2D eigenvalue weighted by molar-refractivity contribution is 8.15. The molecule has 9 nitrogen and oxygen atoms in total. The van der Waals surface area contributed by atoms with Crippen LogP contribution >= 0.6 is 23.4 Å². The number of nitrogens with zero attached hydrogens (tertiary/aromatic N) is 2. The van der Waals surface area contributed by atoms with Gasteiger partial charge in [0.15, 0.2) is 5.17 Å². The maximum Gasteiger partial charge on any atom is 0.338 e. The summed E-state index contributed by atoms with van der Waals surface area (Å²) in [7, 11) is 0. The van der Waals surface area contributed by atoms with Gasteiger partial charge in [-0.05, 0) is 86.5 Å². The third-order valence-corrected chi connectivity index (χ3v) is 7.64. The van der Waals surface area contributed by atoms with Gasteiger partial charge < -0.3 is 14.8 Å². The minimum Gasteiger partial charge on any atom is -0.462 e. The molecule has 11 heteroatoms. The van der Waals surface area contributed by atoms with Crippen molar-refractivity contribution in [3.8, 4) is 0 Å². The van der Waals surface area contributed by atoms with Gasteiger partial charge in [-0.15, -0.1) is 0 Å². The van der Waals surface area contributed by atoms with Crippen LogP contribution in [0.5, 0.6) is 0 Å². The fourth-order valence-electron chi connectivity index (χ4n) is 4.10. The van der Waals surface area contributed by atoms with Crippen molar-refractivity contribution in [1.29, 1.82) is 0 Å². The molecule has 1 atom stereocenters. The molecular formula is C31H30ClN3O6S. The molecule has 1 aliphatic heterocycles. The first kappa shape index (κ1) is 30.8. The van der Waals surface area contributed by atoms with E-state index in [-0.39, 0.29) is 31.4 Å². The van der Waals surface area contributed by atoms with Gasteiger partial charge in [0, 0.05) is 23.7 Å². The monoisotopic (exact) mass is 607 g/mol. The van der Waals surface area contributed by atoms with E-state index in [9.17, 15) is 19.2 Å². The predicted octanol–water partition coefficient (Wildman–Crippen LogP) is 5.90. The second kappa shape index (κ2) is 14.7. The summed E-state index contributed by atoms with van der Waals surface area (Å²) >= 11 is 7.23. The average Bonchev–Trinajstić information content (AvgIpc) is 3.26. The fourth-order valence-corrected chi connectivity index (χ4v) is 5.41. The Morgan fingerprint density at radius 2 is 1.45 bits per heavy atom. The van der Waals surface area contributed by atoms with Gasteiger partial charge in [0.25, 0.3) is 0 Å². The van der Waals surface area contributed by atoms with E-state index in [1.54, 1.807) is 79.4 Å². The molecule has 0 saturated carbocycles. The van der Waals surface area contributed by atoms with E-state index in [0.717, 1.165) is 5.56 Å². The highest BCUT2D eigenvalue weighted by Crippen LogP contribution is 2.32. The number of anilines is 1. The number of ether oxygens (including phenoxy) is 2. The summed E-state index contributed by atoms with van der Waals surface area (Å²) in [5.74, 6) is -1.43. The second-order valence-corrected chi connectivity index (χ2v) is 10.8. The Hall–Kier alpha value is -4.15. The SMILES string of the molecule is CCOC(=O)c1ccc(N=C2S[C@H](CC(=O)Nc3ccc(C(=O)OCC)cc3)C(=O)N2CCc2ccc(Cl)cc2)cc1. The molecular weight excluding hydrogens is 578 g/mol. The van der Waals surface area contributed by atoms with E-state index in [4.69, 9.17) is 21.1 Å². The van der Waals surface area contributed by atoms with Crippen LogP contribution in [0.1, 0.15) is 46.5 Å². The molecule has 1 aliphatic rings. The summed E-state index contributed by atoms with van der Waals surface area (Å²) in [4.78, 5) is 56.5. The van der Waals surface area contributed by atoms with E-state index in [2.05, 4.69) is 10.3 Å². The van der Waals surface area contributed by atoms with Gasteiger partial charge in [0.1, 0.15) is 5.25 Å². The lowest BCUT2D eigenvalue weighted by Crippen LogP contribution is -2.35. The van der Waals surface area contributed by atoms with Crippen LogP contribution in [0.2, 0.25) is 5.02 Å². The molecule has 1 fully saturated rings. The minimum atomic E-state index is -0.674. The standard InChI is InChI=1S/C31H30ClN3O6S/c1-3-40-29(38)21-7-13-24(14-8-21)33-27(36)19-26-28(37)35(18-17-20-5-11-23(32)12-6-20)31(42-26)34-25-15-9-22(10-16-25)30(39)41-4-2/h5-16,26H,3-4,17-19H2,1-2H3,(H,33,36)/t26-/m1/s1. The zero-order chi connectivity index (χ0) is 30.1. The number of carbonyl (C=O) groups is 4. The number of aliphatic imine (C=N–C) groups is 1. The summed E-state index contributed by atoms with van der Waals surface area (Å²) < 4.78 is 10.0. The molecule has 3 aromatic carbocycles. The molecule has 2 amide bonds. The highest BCUT2D eigenvalue weighted by atomic mass is 35.5. The van der Waals surface area contributed by atoms with E-state index < -0.39 is 17.2 Å². The molecule has 0 unspecified atom stereocenters. The summed E-state index contributed by atoms with van der Waals surface area (Å²) in [5.41, 5.74) is 2.84. The number of amides is 2. The smallest absolute Gasteiger partial charge is 0.338 e. The van der Waals surface area contributed by atoms with Crippen LogP contribution in [0.3, 0.4) is 0 Å². The van der Waals surface area contributed by atoms with E-state index in [0.29, 0.717) is 45.7 Å². The normalized spacial score (nSPS) is 15.5. The lowest BCUT2D eigenvalue weighted by atomic mass is 10.1. The van der Waals surface area contributed by atoms with Gasteiger partial charge in [-0.25, -0.2) is 14.6 Å². The summed E-state index contributed by atoms with van der Waals surface area (Å²) in [6, 6.07) is 20.4. The highest BCUT2D eigenvalue weighted by Gasteiger charge is 2.39. The summed E-state index contributed by atoms with van der Waals surface area (Å²) in [6.07, 6.45) is 0.497. The predicted molar refractivity (Wildman–Crippen MR) is 163 cm³/mol. The molecule has 3 aromatic rings. The molecule has 42 heavy (non-hydrogen) atoms. The lowest BCUT2D eigenvalue weighted by Gasteiger charge is -2.16. The minimum absolute atomic E-state index is 0.0681. The zero-order valence-corrected chi connectivity index (χ0v) is 24.7. The van der Waals surface area contributed by atoms with Crippen molar-refractivity contribution >= 4 is 63.7 Å². The van der Waals surface area contributed by atoms with Gasteiger partial charge in [-0.1, -0.05) is 35.5 Å². The van der Waals surface area contributed by atoms with Crippen molar-refractivity contribution in [2.45, 2.75) is 31.9 Å². The first-order valence-electron chi connectivity index (χ1n) is 13.4. The zero-order valence-electron chi connectivity index (χ0n) is 23.2. The molecule has 1 saturated heterocycles.